The molecule has 0 radical (unpaired) electrons. The molecule has 0 bridgehead atoms. The quantitative estimate of drug-likeness (QED) is 0.801. The molecule has 2 aliphatic rings. The maximum atomic E-state index is 12.2. The highest BCUT2D eigenvalue weighted by Gasteiger charge is 2.59. The first-order chi connectivity index (χ1) is 9.66. The molecule has 1 heterocycles. The summed E-state index contributed by atoms with van der Waals surface area (Å²) in [5.74, 6) is -0.593. The molecular formula is C13H23NO5S2. The van der Waals surface area contributed by atoms with E-state index in [1.165, 1.54) is 0 Å². The van der Waals surface area contributed by atoms with E-state index in [0.717, 1.165) is 0 Å². The molecule has 122 valence electrons. The van der Waals surface area contributed by atoms with Crippen molar-refractivity contribution < 1.29 is 21.6 Å². The van der Waals surface area contributed by atoms with Gasteiger partial charge in [-0.25, -0.2) is 16.8 Å². The van der Waals surface area contributed by atoms with Crippen LogP contribution in [0.2, 0.25) is 0 Å². The molecule has 0 aromatic heterocycles. The number of rotatable bonds is 5. The van der Waals surface area contributed by atoms with Gasteiger partial charge in [-0.1, -0.05) is 13.8 Å². The minimum Gasteiger partial charge on any atom is -0.274 e. The van der Waals surface area contributed by atoms with Gasteiger partial charge in [0.05, 0.1) is 16.8 Å². The molecule has 1 saturated heterocycles. The van der Waals surface area contributed by atoms with Crippen LogP contribution < -0.4 is 4.72 Å². The Kier molecular flexibility index (Phi) is 4.41. The van der Waals surface area contributed by atoms with E-state index < -0.39 is 31.0 Å². The molecule has 1 aliphatic heterocycles. The fraction of sp³-hybridized carbons (Fsp3) is 0.923. The van der Waals surface area contributed by atoms with Crippen LogP contribution in [0.1, 0.15) is 46.0 Å². The first-order valence-electron chi connectivity index (χ1n) is 7.41. The molecule has 0 aromatic carbocycles. The Morgan fingerprint density at radius 1 is 1.24 bits per heavy atom. The Balaban J connectivity index is 1.98. The van der Waals surface area contributed by atoms with Crippen LogP contribution in [0.15, 0.2) is 0 Å². The van der Waals surface area contributed by atoms with Gasteiger partial charge in [-0.2, -0.15) is 0 Å². The number of hydrogen-bond donors (Lipinski definition) is 1. The molecule has 2 rings (SSSR count). The molecule has 2 fully saturated rings. The largest absolute Gasteiger partial charge is 0.274 e. The second-order valence-corrected chi connectivity index (χ2v) is 10.5. The van der Waals surface area contributed by atoms with Crippen molar-refractivity contribution in [2.24, 2.45) is 11.3 Å². The van der Waals surface area contributed by atoms with Gasteiger partial charge in [-0.15, -0.1) is 0 Å². The van der Waals surface area contributed by atoms with Gasteiger partial charge in [-0.3, -0.25) is 9.52 Å². The topological polar surface area (TPSA) is 97.4 Å². The lowest BCUT2D eigenvalue weighted by Crippen LogP contribution is -2.40. The Labute approximate surface area is 126 Å². The average Bonchev–Trinajstić information content (AvgIpc) is 3.09. The Bertz CT molecular complexity index is 605. The lowest BCUT2D eigenvalue weighted by molar-refractivity contribution is -0.121. The molecule has 21 heavy (non-hydrogen) atoms. The third-order valence-corrected chi connectivity index (χ3v) is 8.60. The van der Waals surface area contributed by atoms with Crippen molar-refractivity contribution in [3.8, 4) is 0 Å². The van der Waals surface area contributed by atoms with E-state index >= 15 is 0 Å². The van der Waals surface area contributed by atoms with Crippen molar-refractivity contribution in [1.29, 1.82) is 0 Å². The molecule has 1 saturated carbocycles. The molecule has 1 spiro atoms. The van der Waals surface area contributed by atoms with Gasteiger partial charge in [0.25, 0.3) is 0 Å². The second kappa shape index (κ2) is 5.53. The maximum absolute atomic E-state index is 12.2. The summed E-state index contributed by atoms with van der Waals surface area (Å²) in [6.07, 6.45) is 2.48. The number of sulfonamides is 1. The summed E-state index contributed by atoms with van der Waals surface area (Å²) in [7, 11) is -6.59. The smallest absolute Gasteiger partial charge is 0.237 e. The van der Waals surface area contributed by atoms with Crippen LogP contribution in [-0.2, 0) is 24.7 Å². The van der Waals surface area contributed by atoms with Crippen LogP contribution in [-0.4, -0.2) is 39.5 Å². The van der Waals surface area contributed by atoms with E-state index in [0.29, 0.717) is 32.1 Å². The lowest BCUT2D eigenvalue weighted by Gasteiger charge is -2.22. The highest BCUT2D eigenvalue weighted by Crippen LogP contribution is 2.59. The first kappa shape index (κ1) is 16.7. The van der Waals surface area contributed by atoms with Gasteiger partial charge in [0.1, 0.15) is 9.84 Å². The van der Waals surface area contributed by atoms with Crippen molar-refractivity contribution >= 4 is 25.8 Å². The highest BCUT2D eigenvalue weighted by molar-refractivity contribution is 7.91. The van der Waals surface area contributed by atoms with Gasteiger partial charge in [0.15, 0.2) is 0 Å². The summed E-state index contributed by atoms with van der Waals surface area (Å²) >= 11 is 0. The Morgan fingerprint density at radius 2 is 1.76 bits per heavy atom. The monoisotopic (exact) mass is 337 g/mol. The predicted octanol–water partition coefficient (Wildman–Crippen LogP) is 0.836. The van der Waals surface area contributed by atoms with Gasteiger partial charge < -0.3 is 0 Å². The number of amides is 1. The number of hydrogen-bond acceptors (Lipinski definition) is 5. The summed E-state index contributed by atoms with van der Waals surface area (Å²) in [6, 6.07) is 0. The molecule has 6 nitrogen and oxygen atoms in total. The van der Waals surface area contributed by atoms with E-state index in [2.05, 4.69) is 4.72 Å². The molecule has 1 amide bonds. The summed E-state index contributed by atoms with van der Waals surface area (Å²) in [5.41, 5.74) is -0.279. The molecule has 1 N–H and O–H groups in total. The summed E-state index contributed by atoms with van der Waals surface area (Å²) in [6.45, 7) is 3.56. The number of carbonyl (C=O) groups excluding carboxylic acids is 1. The normalized spacial score (nSPS) is 26.7. The van der Waals surface area contributed by atoms with Gasteiger partial charge >= 0.3 is 0 Å². The van der Waals surface area contributed by atoms with Gasteiger partial charge in [-0.05, 0) is 37.5 Å². The molecule has 8 heteroatoms. The molecule has 0 aromatic rings. The van der Waals surface area contributed by atoms with Gasteiger partial charge in [0.2, 0.25) is 15.9 Å². The van der Waals surface area contributed by atoms with Gasteiger partial charge in [0, 0.05) is 5.92 Å². The predicted molar refractivity (Wildman–Crippen MR) is 79.9 cm³/mol. The van der Waals surface area contributed by atoms with Crippen molar-refractivity contribution in [2.75, 3.05) is 11.5 Å². The molecule has 1 unspecified atom stereocenters. The van der Waals surface area contributed by atoms with Crippen LogP contribution in [0.5, 0.6) is 0 Å². The summed E-state index contributed by atoms with van der Waals surface area (Å²) in [4.78, 5) is 12.2. The van der Waals surface area contributed by atoms with E-state index in [9.17, 15) is 21.6 Å². The third kappa shape index (κ3) is 3.41. The summed E-state index contributed by atoms with van der Waals surface area (Å²) in [5, 5.41) is -0.553. The minimum atomic E-state index is -3.62. The Morgan fingerprint density at radius 3 is 2.24 bits per heavy atom. The number of nitrogens with one attached hydrogen (secondary N) is 1. The standard InChI is InChI=1S/C13H23NO5S2/c1-3-10(4-2)21(18,19)14-12(15)11-9-13(11)5-7-20(16,17)8-6-13/h10-11H,3-9H2,1-2H3,(H,14,15). The third-order valence-electron chi connectivity index (χ3n) is 4.92. The highest BCUT2D eigenvalue weighted by atomic mass is 32.2. The zero-order chi connectivity index (χ0) is 15.9. The van der Waals surface area contributed by atoms with Crippen molar-refractivity contribution in [3.63, 3.8) is 0 Å². The van der Waals surface area contributed by atoms with Crippen LogP contribution in [0.3, 0.4) is 0 Å². The average molecular weight is 337 g/mol. The van der Waals surface area contributed by atoms with E-state index in [1.54, 1.807) is 13.8 Å². The zero-order valence-corrected chi connectivity index (χ0v) is 14.1. The number of sulfone groups is 1. The molecule has 1 aliphatic carbocycles. The van der Waals surface area contributed by atoms with Crippen LogP contribution in [0, 0.1) is 11.3 Å². The fourth-order valence-corrected chi connectivity index (χ4v) is 6.34. The molecular weight excluding hydrogens is 314 g/mol. The van der Waals surface area contributed by atoms with E-state index in [-0.39, 0.29) is 22.8 Å². The molecule has 1 atom stereocenters. The van der Waals surface area contributed by atoms with Crippen molar-refractivity contribution in [3.05, 3.63) is 0 Å². The summed E-state index contributed by atoms with van der Waals surface area (Å²) < 4.78 is 49.2. The van der Waals surface area contributed by atoms with Crippen LogP contribution in [0.25, 0.3) is 0 Å². The van der Waals surface area contributed by atoms with E-state index in [4.69, 9.17) is 0 Å². The lowest BCUT2D eigenvalue weighted by atomic mass is 9.96. The zero-order valence-electron chi connectivity index (χ0n) is 12.5. The fourth-order valence-electron chi connectivity index (χ4n) is 3.24. The van der Waals surface area contributed by atoms with Crippen molar-refractivity contribution in [1.82, 2.24) is 4.72 Å². The van der Waals surface area contributed by atoms with Crippen LogP contribution in [0.4, 0.5) is 0 Å². The minimum absolute atomic E-state index is 0.107. The number of carbonyl (C=O) groups is 1. The maximum Gasteiger partial charge on any atom is 0.237 e. The van der Waals surface area contributed by atoms with Crippen molar-refractivity contribution in [2.45, 2.75) is 51.2 Å². The SMILES string of the molecule is CCC(CC)S(=O)(=O)NC(=O)C1CC12CCS(=O)(=O)CC2. The first-order valence-corrected chi connectivity index (χ1v) is 10.8. The van der Waals surface area contributed by atoms with E-state index in [1.807, 2.05) is 0 Å². The Hall–Kier alpha value is -0.630. The van der Waals surface area contributed by atoms with Crippen LogP contribution >= 0.6 is 0 Å². The second-order valence-electron chi connectivity index (χ2n) is 6.22.